The van der Waals surface area contributed by atoms with Crippen LogP contribution in [0.5, 0.6) is 0 Å². The van der Waals surface area contributed by atoms with Gasteiger partial charge in [0.25, 0.3) is 0 Å². The van der Waals surface area contributed by atoms with Crippen LogP contribution in [0.15, 0.2) is 30.3 Å². The highest BCUT2D eigenvalue weighted by atomic mass is 15.1. The summed E-state index contributed by atoms with van der Waals surface area (Å²) in [6.45, 7) is 1.98. The van der Waals surface area contributed by atoms with Crippen molar-refractivity contribution in [3.05, 3.63) is 35.9 Å². The molecule has 0 saturated carbocycles. The van der Waals surface area contributed by atoms with Gasteiger partial charge in [-0.25, -0.2) is 9.97 Å². The second-order valence-electron chi connectivity index (χ2n) is 4.96. The maximum atomic E-state index is 5.95. The van der Waals surface area contributed by atoms with Gasteiger partial charge in [0.05, 0.1) is 22.2 Å². The van der Waals surface area contributed by atoms with Gasteiger partial charge in [-0.1, -0.05) is 6.07 Å². The lowest BCUT2D eigenvalue weighted by atomic mass is 10.1. The molecule has 0 amide bonds. The zero-order chi connectivity index (χ0) is 13.6. The molecule has 4 nitrogen and oxygen atoms in total. The quantitative estimate of drug-likeness (QED) is 0.534. The van der Waals surface area contributed by atoms with Crippen molar-refractivity contribution in [2.24, 2.45) is 0 Å². The van der Waals surface area contributed by atoms with Gasteiger partial charge >= 0.3 is 0 Å². The molecule has 0 saturated heterocycles. The van der Waals surface area contributed by atoms with Crippen LogP contribution in [0, 0.1) is 6.92 Å². The van der Waals surface area contributed by atoms with E-state index in [2.05, 4.69) is 4.98 Å². The standard InChI is InChI=1S/C15H16N4/c1-9-7-12-13(8-10(9)16)18-15-11(17-12)5-4-6-14(15)19(2)3/h4-8H,16H2,1-3H3. The number of hydrogen-bond acceptors (Lipinski definition) is 4. The van der Waals surface area contributed by atoms with Gasteiger partial charge in [-0.2, -0.15) is 0 Å². The zero-order valence-corrected chi connectivity index (χ0v) is 11.3. The number of para-hydroxylation sites is 1. The fourth-order valence-electron chi connectivity index (χ4n) is 2.21. The molecule has 0 unspecified atom stereocenters. The normalized spacial score (nSPS) is 11.1. The highest BCUT2D eigenvalue weighted by Crippen LogP contribution is 2.26. The summed E-state index contributed by atoms with van der Waals surface area (Å²) in [6.07, 6.45) is 0. The lowest BCUT2D eigenvalue weighted by molar-refractivity contribution is 1.13. The number of anilines is 2. The molecule has 3 aromatic rings. The monoisotopic (exact) mass is 252 g/mol. The summed E-state index contributed by atoms with van der Waals surface area (Å²) < 4.78 is 0. The van der Waals surface area contributed by atoms with E-state index in [0.717, 1.165) is 39.0 Å². The maximum absolute atomic E-state index is 5.95. The minimum atomic E-state index is 0.753. The number of benzene rings is 2. The topological polar surface area (TPSA) is 55.0 Å². The maximum Gasteiger partial charge on any atom is 0.113 e. The molecule has 3 rings (SSSR count). The molecule has 0 radical (unpaired) electrons. The van der Waals surface area contributed by atoms with Crippen LogP contribution in [0.2, 0.25) is 0 Å². The van der Waals surface area contributed by atoms with Crippen molar-refractivity contribution < 1.29 is 0 Å². The molecule has 0 aliphatic rings. The SMILES string of the molecule is Cc1cc2nc3cccc(N(C)C)c3nc2cc1N. The molecule has 0 spiro atoms. The first-order chi connectivity index (χ1) is 9.06. The zero-order valence-electron chi connectivity index (χ0n) is 11.3. The molecule has 1 heterocycles. The summed E-state index contributed by atoms with van der Waals surface area (Å²) in [5.41, 5.74) is 12.3. The van der Waals surface area contributed by atoms with Crippen LogP contribution in [-0.2, 0) is 0 Å². The molecule has 0 aliphatic heterocycles. The average Bonchev–Trinajstić information content (AvgIpc) is 2.37. The number of nitrogens with two attached hydrogens (primary N) is 1. The van der Waals surface area contributed by atoms with Crippen LogP contribution >= 0.6 is 0 Å². The van der Waals surface area contributed by atoms with Crippen molar-refractivity contribution >= 4 is 33.4 Å². The number of hydrogen-bond donors (Lipinski definition) is 1. The van der Waals surface area contributed by atoms with Crippen molar-refractivity contribution in [1.82, 2.24) is 9.97 Å². The van der Waals surface area contributed by atoms with Gasteiger partial charge in [-0.15, -0.1) is 0 Å². The molecule has 4 heteroatoms. The van der Waals surface area contributed by atoms with Crippen molar-refractivity contribution in [2.75, 3.05) is 24.7 Å². The van der Waals surface area contributed by atoms with E-state index < -0.39 is 0 Å². The summed E-state index contributed by atoms with van der Waals surface area (Å²) in [4.78, 5) is 11.4. The predicted octanol–water partition coefficient (Wildman–Crippen LogP) is 2.74. The van der Waals surface area contributed by atoms with Crippen molar-refractivity contribution in [3.8, 4) is 0 Å². The Kier molecular flexibility index (Phi) is 2.52. The highest BCUT2D eigenvalue weighted by Gasteiger charge is 2.08. The molecule has 19 heavy (non-hydrogen) atoms. The Morgan fingerprint density at radius 1 is 1.00 bits per heavy atom. The largest absolute Gasteiger partial charge is 0.398 e. The number of nitrogen functional groups attached to an aromatic ring is 1. The first kappa shape index (κ1) is 11.7. The first-order valence-corrected chi connectivity index (χ1v) is 6.20. The van der Waals surface area contributed by atoms with E-state index in [1.807, 2.05) is 56.3 Å². The number of aromatic nitrogens is 2. The minimum Gasteiger partial charge on any atom is -0.398 e. The Bertz CT molecular complexity index is 778. The van der Waals surface area contributed by atoms with Gasteiger partial charge in [-0.05, 0) is 36.8 Å². The van der Waals surface area contributed by atoms with Crippen molar-refractivity contribution in [2.45, 2.75) is 6.92 Å². The number of rotatable bonds is 1. The Morgan fingerprint density at radius 3 is 2.47 bits per heavy atom. The van der Waals surface area contributed by atoms with E-state index in [1.165, 1.54) is 0 Å². The summed E-state index contributed by atoms with van der Waals surface area (Å²) in [5.74, 6) is 0. The average molecular weight is 252 g/mol. The number of nitrogens with zero attached hydrogens (tertiary/aromatic N) is 3. The minimum absolute atomic E-state index is 0.753. The summed E-state index contributed by atoms with van der Waals surface area (Å²) in [7, 11) is 4.01. The van der Waals surface area contributed by atoms with Gasteiger partial charge in [0.15, 0.2) is 0 Å². The molecule has 0 atom stereocenters. The smallest absolute Gasteiger partial charge is 0.113 e. The molecule has 2 aromatic carbocycles. The van der Waals surface area contributed by atoms with Gasteiger partial charge in [-0.3, -0.25) is 0 Å². The van der Waals surface area contributed by atoms with E-state index in [-0.39, 0.29) is 0 Å². The lowest BCUT2D eigenvalue weighted by Gasteiger charge is -2.14. The Morgan fingerprint density at radius 2 is 1.74 bits per heavy atom. The molecule has 96 valence electrons. The van der Waals surface area contributed by atoms with Gasteiger partial charge < -0.3 is 10.6 Å². The third-order valence-electron chi connectivity index (χ3n) is 3.31. The predicted molar refractivity (Wildman–Crippen MR) is 80.5 cm³/mol. The van der Waals surface area contributed by atoms with Crippen LogP contribution in [0.25, 0.3) is 22.1 Å². The number of fused-ring (bicyclic) bond motifs is 2. The van der Waals surface area contributed by atoms with Crippen molar-refractivity contribution in [3.63, 3.8) is 0 Å². The lowest BCUT2D eigenvalue weighted by Crippen LogP contribution is -2.09. The summed E-state index contributed by atoms with van der Waals surface area (Å²) >= 11 is 0. The third kappa shape index (κ3) is 1.85. The van der Waals surface area contributed by atoms with Gasteiger partial charge in [0, 0.05) is 19.8 Å². The first-order valence-electron chi connectivity index (χ1n) is 6.20. The fraction of sp³-hybridized carbons (Fsp3) is 0.200. The van der Waals surface area contributed by atoms with E-state index in [0.29, 0.717) is 0 Å². The number of aryl methyl sites for hydroxylation is 1. The van der Waals surface area contributed by atoms with Crippen LogP contribution in [0.1, 0.15) is 5.56 Å². The molecule has 0 bridgehead atoms. The second-order valence-corrected chi connectivity index (χ2v) is 4.96. The van der Waals surface area contributed by atoms with E-state index in [4.69, 9.17) is 10.7 Å². The highest BCUT2D eigenvalue weighted by molar-refractivity contribution is 5.94. The van der Waals surface area contributed by atoms with Crippen LogP contribution in [0.4, 0.5) is 11.4 Å². The second kappa shape index (κ2) is 4.09. The van der Waals surface area contributed by atoms with Crippen LogP contribution in [-0.4, -0.2) is 24.1 Å². The van der Waals surface area contributed by atoms with Crippen LogP contribution in [0.3, 0.4) is 0 Å². The molecule has 2 N–H and O–H groups in total. The molecular formula is C15H16N4. The van der Waals surface area contributed by atoms with E-state index in [9.17, 15) is 0 Å². The van der Waals surface area contributed by atoms with Gasteiger partial charge in [0.2, 0.25) is 0 Å². The molecule has 1 aromatic heterocycles. The van der Waals surface area contributed by atoms with E-state index >= 15 is 0 Å². The molecule has 0 fully saturated rings. The summed E-state index contributed by atoms with van der Waals surface area (Å²) in [5, 5.41) is 0. The van der Waals surface area contributed by atoms with E-state index in [1.54, 1.807) is 0 Å². The van der Waals surface area contributed by atoms with Crippen molar-refractivity contribution in [1.29, 1.82) is 0 Å². The molecule has 0 aliphatic carbocycles. The molecular weight excluding hydrogens is 236 g/mol. The Hall–Kier alpha value is -2.36. The summed E-state index contributed by atoms with van der Waals surface area (Å²) in [6, 6.07) is 9.91. The van der Waals surface area contributed by atoms with Gasteiger partial charge in [0.1, 0.15) is 5.52 Å². The third-order valence-corrected chi connectivity index (χ3v) is 3.31. The Balaban J connectivity index is 2.42. The van der Waals surface area contributed by atoms with Crippen LogP contribution < -0.4 is 10.6 Å². The Labute approximate surface area is 111 Å². The fourth-order valence-corrected chi connectivity index (χ4v) is 2.21.